The summed E-state index contributed by atoms with van der Waals surface area (Å²) in [6, 6.07) is 4.24. The first-order valence-corrected chi connectivity index (χ1v) is 7.74. The molecule has 0 bridgehead atoms. The fourth-order valence-electron chi connectivity index (χ4n) is 2.29. The topological polar surface area (TPSA) is 50.4 Å². The van der Waals surface area contributed by atoms with Crippen LogP contribution < -0.4 is 15.4 Å². The highest BCUT2D eigenvalue weighted by molar-refractivity contribution is 5.80. The molecule has 1 atom stereocenters. The highest BCUT2D eigenvalue weighted by atomic mass is 16.5. The second-order valence-corrected chi connectivity index (χ2v) is 5.39. The van der Waals surface area contributed by atoms with Crippen LogP contribution in [0.25, 0.3) is 0 Å². The average Bonchev–Trinajstić information content (AvgIpc) is 2.43. The van der Waals surface area contributed by atoms with E-state index in [1.54, 1.807) is 6.92 Å². The molecule has 0 saturated carbocycles. The summed E-state index contributed by atoms with van der Waals surface area (Å²) >= 11 is 0. The van der Waals surface area contributed by atoms with Crippen LogP contribution >= 0.6 is 0 Å². The SMILES string of the molecule is CCCNCc1cc(C)c(OC(C)C(=O)NCC)c(C)c1. The third-order valence-electron chi connectivity index (χ3n) is 3.29. The molecule has 1 aromatic rings. The third-order valence-corrected chi connectivity index (χ3v) is 3.29. The number of carbonyl (C=O) groups is 1. The lowest BCUT2D eigenvalue weighted by Gasteiger charge is -2.19. The second kappa shape index (κ2) is 8.67. The Morgan fingerprint density at radius 2 is 1.86 bits per heavy atom. The van der Waals surface area contributed by atoms with E-state index in [1.165, 1.54) is 5.56 Å². The fourth-order valence-corrected chi connectivity index (χ4v) is 2.29. The molecule has 1 rings (SSSR count). The van der Waals surface area contributed by atoms with Crippen molar-refractivity contribution in [2.75, 3.05) is 13.1 Å². The van der Waals surface area contributed by atoms with Gasteiger partial charge in [-0.25, -0.2) is 0 Å². The van der Waals surface area contributed by atoms with Gasteiger partial charge < -0.3 is 15.4 Å². The zero-order valence-corrected chi connectivity index (χ0v) is 13.9. The molecule has 4 nitrogen and oxygen atoms in total. The molecule has 2 N–H and O–H groups in total. The first kappa shape index (κ1) is 17.5. The van der Waals surface area contributed by atoms with Crippen LogP contribution in [0.15, 0.2) is 12.1 Å². The van der Waals surface area contributed by atoms with Crippen LogP contribution in [-0.2, 0) is 11.3 Å². The number of nitrogens with one attached hydrogen (secondary N) is 2. The quantitative estimate of drug-likeness (QED) is 0.724. The van der Waals surface area contributed by atoms with Crippen LogP contribution in [0.2, 0.25) is 0 Å². The molecule has 0 saturated heterocycles. The van der Waals surface area contributed by atoms with Crippen LogP contribution in [0.4, 0.5) is 0 Å². The van der Waals surface area contributed by atoms with Gasteiger partial charge in [-0.2, -0.15) is 0 Å². The molecule has 0 heterocycles. The lowest BCUT2D eigenvalue weighted by atomic mass is 10.1. The lowest BCUT2D eigenvalue weighted by Crippen LogP contribution is -2.36. The summed E-state index contributed by atoms with van der Waals surface area (Å²) in [6.07, 6.45) is 0.648. The highest BCUT2D eigenvalue weighted by Crippen LogP contribution is 2.26. The van der Waals surface area contributed by atoms with E-state index in [9.17, 15) is 4.79 Å². The number of amides is 1. The maximum atomic E-state index is 11.8. The summed E-state index contributed by atoms with van der Waals surface area (Å²) in [7, 11) is 0. The van der Waals surface area contributed by atoms with Gasteiger partial charge in [0.15, 0.2) is 6.10 Å². The zero-order valence-electron chi connectivity index (χ0n) is 13.9. The molecule has 1 aromatic carbocycles. The molecule has 0 aliphatic carbocycles. The average molecular weight is 292 g/mol. The molecular weight excluding hydrogens is 264 g/mol. The van der Waals surface area contributed by atoms with E-state index in [1.807, 2.05) is 20.8 Å². The normalized spacial score (nSPS) is 12.0. The fraction of sp³-hybridized carbons (Fsp3) is 0.588. The smallest absolute Gasteiger partial charge is 0.260 e. The summed E-state index contributed by atoms with van der Waals surface area (Å²) in [5, 5.41) is 6.17. The van der Waals surface area contributed by atoms with Crippen molar-refractivity contribution in [2.45, 2.75) is 53.7 Å². The first-order valence-electron chi connectivity index (χ1n) is 7.74. The van der Waals surface area contributed by atoms with E-state index in [-0.39, 0.29) is 5.91 Å². The van der Waals surface area contributed by atoms with Crippen molar-refractivity contribution in [3.8, 4) is 5.75 Å². The Morgan fingerprint density at radius 3 is 2.38 bits per heavy atom. The molecule has 0 aliphatic heterocycles. The van der Waals surface area contributed by atoms with Crippen molar-refractivity contribution in [3.05, 3.63) is 28.8 Å². The summed E-state index contributed by atoms with van der Waals surface area (Å²) < 4.78 is 5.84. The standard InChI is InChI=1S/C17H28N2O2/c1-6-8-18-11-15-9-12(3)16(13(4)10-15)21-14(5)17(20)19-7-2/h9-10,14,18H,6-8,11H2,1-5H3,(H,19,20). The van der Waals surface area contributed by atoms with Crippen molar-refractivity contribution >= 4 is 5.91 Å². The van der Waals surface area contributed by atoms with Gasteiger partial charge in [0.2, 0.25) is 0 Å². The van der Waals surface area contributed by atoms with Gasteiger partial charge in [-0.1, -0.05) is 19.1 Å². The first-order chi connectivity index (χ1) is 9.99. The monoisotopic (exact) mass is 292 g/mol. The summed E-state index contributed by atoms with van der Waals surface area (Å²) in [6.45, 7) is 12.4. The van der Waals surface area contributed by atoms with Crippen molar-refractivity contribution in [1.82, 2.24) is 10.6 Å². The Morgan fingerprint density at radius 1 is 1.24 bits per heavy atom. The third kappa shape index (κ3) is 5.38. The molecule has 0 spiro atoms. The van der Waals surface area contributed by atoms with E-state index in [0.717, 1.165) is 36.4 Å². The van der Waals surface area contributed by atoms with E-state index in [2.05, 4.69) is 29.7 Å². The van der Waals surface area contributed by atoms with E-state index < -0.39 is 6.10 Å². The molecular formula is C17H28N2O2. The Hall–Kier alpha value is -1.55. The Kier molecular flexibility index (Phi) is 7.23. The number of rotatable bonds is 8. The van der Waals surface area contributed by atoms with Gasteiger partial charge in [0.25, 0.3) is 5.91 Å². The van der Waals surface area contributed by atoms with Gasteiger partial charge in [0, 0.05) is 13.1 Å². The van der Waals surface area contributed by atoms with Crippen LogP contribution in [0.3, 0.4) is 0 Å². The molecule has 0 aromatic heterocycles. The Labute approximate surface area is 128 Å². The second-order valence-electron chi connectivity index (χ2n) is 5.39. The number of ether oxygens (including phenoxy) is 1. The number of hydrogen-bond acceptors (Lipinski definition) is 3. The van der Waals surface area contributed by atoms with Gasteiger partial charge in [-0.05, 0) is 57.4 Å². The molecule has 0 radical (unpaired) electrons. The Balaban J connectivity index is 2.77. The highest BCUT2D eigenvalue weighted by Gasteiger charge is 2.16. The van der Waals surface area contributed by atoms with Gasteiger partial charge in [-0.15, -0.1) is 0 Å². The van der Waals surface area contributed by atoms with Crippen molar-refractivity contribution < 1.29 is 9.53 Å². The van der Waals surface area contributed by atoms with Crippen molar-refractivity contribution in [2.24, 2.45) is 0 Å². The van der Waals surface area contributed by atoms with Gasteiger partial charge in [-0.3, -0.25) is 4.79 Å². The maximum absolute atomic E-state index is 11.8. The van der Waals surface area contributed by atoms with Gasteiger partial charge in [0.1, 0.15) is 5.75 Å². The summed E-state index contributed by atoms with van der Waals surface area (Å²) in [5.74, 6) is 0.734. The molecule has 0 fully saturated rings. The molecule has 4 heteroatoms. The molecule has 0 aliphatic rings. The van der Waals surface area contributed by atoms with Crippen LogP contribution in [-0.4, -0.2) is 25.1 Å². The lowest BCUT2D eigenvalue weighted by molar-refractivity contribution is -0.127. The molecule has 1 amide bonds. The largest absolute Gasteiger partial charge is 0.480 e. The number of hydrogen-bond donors (Lipinski definition) is 2. The Bertz CT molecular complexity index is 449. The van der Waals surface area contributed by atoms with Gasteiger partial charge in [0.05, 0.1) is 0 Å². The number of aryl methyl sites for hydroxylation is 2. The number of carbonyl (C=O) groups excluding carboxylic acids is 1. The molecule has 118 valence electrons. The van der Waals surface area contributed by atoms with E-state index >= 15 is 0 Å². The predicted octanol–water partition coefficient (Wildman–Crippen LogP) is 2.71. The minimum Gasteiger partial charge on any atom is -0.480 e. The minimum atomic E-state index is -0.480. The minimum absolute atomic E-state index is 0.0787. The summed E-state index contributed by atoms with van der Waals surface area (Å²) in [5.41, 5.74) is 3.38. The van der Waals surface area contributed by atoms with Crippen molar-refractivity contribution in [3.63, 3.8) is 0 Å². The van der Waals surface area contributed by atoms with Crippen LogP contribution in [0.1, 0.15) is 43.9 Å². The van der Waals surface area contributed by atoms with Crippen molar-refractivity contribution in [1.29, 1.82) is 0 Å². The van der Waals surface area contributed by atoms with E-state index in [4.69, 9.17) is 4.74 Å². The summed E-state index contributed by atoms with van der Waals surface area (Å²) in [4.78, 5) is 11.8. The molecule has 21 heavy (non-hydrogen) atoms. The number of benzene rings is 1. The van der Waals surface area contributed by atoms with Gasteiger partial charge >= 0.3 is 0 Å². The van der Waals surface area contributed by atoms with E-state index in [0.29, 0.717) is 6.54 Å². The predicted molar refractivity (Wildman–Crippen MR) is 86.7 cm³/mol. The number of likely N-dealkylation sites (N-methyl/N-ethyl adjacent to an activating group) is 1. The van der Waals surface area contributed by atoms with Crippen LogP contribution in [0, 0.1) is 13.8 Å². The van der Waals surface area contributed by atoms with Crippen LogP contribution in [0.5, 0.6) is 5.75 Å². The zero-order chi connectivity index (χ0) is 15.8. The maximum Gasteiger partial charge on any atom is 0.260 e. The molecule has 1 unspecified atom stereocenters.